The number of benzene rings is 1. The quantitative estimate of drug-likeness (QED) is 0.857. The molecule has 1 fully saturated rings. The summed E-state index contributed by atoms with van der Waals surface area (Å²) in [6.45, 7) is 3.40. The first kappa shape index (κ1) is 14.3. The fourth-order valence-electron chi connectivity index (χ4n) is 2.36. The maximum absolute atomic E-state index is 6.04. The third-order valence-electron chi connectivity index (χ3n) is 3.39. The van der Waals surface area contributed by atoms with E-state index in [0.29, 0.717) is 6.61 Å². The van der Waals surface area contributed by atoms with Crippen LogP contribution in [0.15, 0.2) is 24.3 Å². The topological polar surface area (TPSA) is 53.7 Å². The Morgan fingerprint density at radius 2 is 2.32 bits per heavy atom. The smallest absolute Gasteiger partial charge is 0.119 e. The van der Waals surface area contributed by atoms with Gasteiger partial charge in [0.15, 0.2) is 0 Å². The lowest BCUT2D eigenvalue weighted by atomic mass is 10.0. The van der Waals surface area contributed by atoms with Gasteiger partial charge in [0.1, 0.15) is 5.75 Å². The SMILES string of the molecule is COc1cccc(C(OCC2CCCO2)C(C)N)c1. The molecule has 1 aromatic carbocycles. The van der Waals surface area contributed by atoms with Gasteiger partial charge in [0.2, 0.25) is 0 Å². The van der Waals surface area contributed by atoms with Crippen LogP contribution in [0.5, 0.6) is 5.75 Å². The van der Waals surface area contributed by atoms with Crippen LogP contribution in [0.2, 0.25) is 0 Å². The predicted molar refractivity (Wildman–Crippen MR) is 74.3 cm³/mol. The van der Waals surface area contributed by atoms with E-state index < -0.39 is 0 Å². The molecular formula is C15H23NO3. The van der Waals surface area contributed by atoms with Gasteiger partial charge in [-0.3, -0.25) is 0 Å². The molecular weight excluding hydrogens is 242 g/mol. The summed E-state index contributed by atoms with van der Waals surface area (Å²) >= 11 is 0. The number of rotatable bonds is 6. The van der Waals surface area contributed by atoms with E-state index in [0.717, 1.165) is 30.8 Å². The third kappa shape index (κ3) is 3.93. The van der Waals surface area contributed by atoms with E-state index >= 15 is 0 Å². The van der Waals surface area contributed by atoms with Gasteiger partial charge in [-0.2, -0.15) is 0 Å². The van der Waals surface area contributed by atoms with E-state index in [1.54, 1.807) is 7.11 Å². The monoisotopic (exact) mass is 265 g/mol. The van der Waals surface area contributed by atoms with Crippen LogP contribution in [0.4, 0.5) is 0 Å². The van der Waals surface area contributed by atoms with Crippen molar-refractivity contribution in [1.82, 2.24) is 0 Å². The maximum Gasteiger partial charge on any atom is 0.119 e. The van der Waals surface area contributed by atoms with Crippen molar-refractivity contribution in [2.75, 3.05) is 20.3 Å². The van der Waals surface area contributed by atoms with Crippen molar-refractivity contribution in [2.24, 2.45) is 5.73 Å². The maximum atomic E-state index is 6.04. The molecule has 106 valence electrons. The molecule has 1 aromatic rings. The van der Waals surface area contributed by atoms with E-state index in [-0.39, 0.29) is 18.2 Å². The zero-order chi connectivity index (χ0) is 13.7. The summed E-state index contributed by atoms with van der Waals surface area (Å²) in [7, 11) is 1.66. The molecule has 0 aliphatic carbocycles. The van der Waals surface area contributed by atoms with Crippen molar-refractivity contribution in [3.05, 3.63) is 29.8 Å². The highest BCUT2D eigenvalue weighted by atomic mass is 16.5. The number of ether oxygens (including phenoxy) is 3. The molecule has 3 unspecified atom stereocenters. The molecule has 1 aliphatic heterocycles. The van der Waals surface area contributed by atoms with Crippen molar-refractivity contribution < 1.29 is 14.2 Å². The molecule has 0 saturated carbocycles. The van der Waals surface area contributed by atoms with Crippen molar-refractivity contribution >= 4 is 0 Å². The minimum absolute atomic E-state index is 0.0755. The summed E-state index contributed by atoms with van der Waals surface area (Å²) < 4.78 is 16.8. The molecule has 2 rings (SSSR count). The number of nitrogens with two attached hydrogens (primary N) is 1. The molecule has 4 heteroatoms. The predicted octanol–water partition coefficient (Wildman–Crippen LogP) is 2.28. The minimum Gasteiger partial charge on any atom is -0.497 e. The van der Waals surface area contributed by atoms with E-state index in [9.17, 15) is 0 Å². The molecule has 4 nitrogen and oxygen atoms in total. The molecule has 0 aromatic heterocycles. The first-order valence-electron chi connectivity index (χ1n) is 6.83. The van der Waals surface area contributed by atoms with Gasteiger partial charge in [-0.15, -0.1) is 0 Å². The summed E-state index contributed by atoms with van der Waals surface area (Å²) in [5.41, 5.74) is 7.09. The molecule has 1 aliphatic rings. The Bertz CT molecular complexity index is 389. The van der Waals surface area contributed by atoms with E-state index in [4.69, 9.17) is 19.9 Å². The Hall–Kier alpha value is -1.10. The van der Waals surface area contributed by atoms with Gasteiger partial charge >= 0.3 is 0 Å². The van der Waals surface area contributed by atoms with Gasteiger partial charge in [-0.1, -0.05) is 12.1 Å². The number of methoxy groups -OCH3 is 1. The molecule has 1 heterocycles. The van der Waals surface area contributed by atoms with Crippen LogP contribution < -0.4 is 10.5 Å². The summed E-state index contributed by atoms with van der Waals surface area (Å²) in [5, 5.41) is 0. The fraction of sp³-hybridized carbons (Fsp3) is 0.600. The highest BCUT2D eigenvalue weighted by molar-refractivity contribution is 5.30. The Morgan fingerprint density at radius 3 is 2.95 bits per heavy atom. The molecule has 2 N–H and O–H groups in total. The highest BCUT2D eigenvalue weighted by Crippen LogP contribution is 2.25. The van der Waals surface area contributed by atoms with E-state index in [1.165, 1.54) is 0 Å². The summed E-state index contributed by atoms with van der Waals surface area (Å²) in [5.74, 6) is 0.823. The molecule has 0 radical (unpaired) electrons. The molecule has 1 saturated heterocycles. The van der Waals surface area contributed by atoms with E-state index in [2.05, 4.69) is 0 Å². The van der Waals surface area contributed by atoms with Crippen LogP contribution in [0.3, 0.4) is 0 Å². The number of hydrogen-bond acceptors (Lipinski definition) is 4. The second kappa shape index (κ2) is 6.89. The zero-order valence-corrected chi connectivity index (χ0v) is 11.7. The largest absolute Gasteiger partial charge is 0.497 e. The van der Waals surface area contributed by atoms with Crippen molar-refractivity contribution in [2.45, 2.75) is 38.0 Å². The summed E-state index contributed by atoms with van der Waals surface area (Å²) in [6.07, 6.45) is 2.28. The lowest BCUT2D eigenvalue weighted by molar-refractivity contribution is -0.0286. The van der Waals surface area contributed by atoms with Gasteiger partial charge in [-0.25, -0.2) is 0 Å². The first-order chi connectivity index (χ1) is 9.20. The first-order valence-corrected chi connectivity index (χ1v) is 6.83. The average molecular weight is 265 g/mol. The Kier molecular flexibility index (Phi) is 5.19. The van der Waals surface area contributed by atoms with Crippen LogP contribution in [0.1, 0.15) is 31.4 Å². The Labute approximate surface area is 114 Å². The number of hydrogen-bond donors (Lipinski definition) is 1. The van der Waals surface area contributed by atoms with E-state index in [1.807, 2.05) is 31.2 Å². The third-order valence-corrected chi connectivity index (χ3v) is 3.39. The Balaban J connectivity index is 2.01. The van der Waals surface area contributed by atoms with Crippen LogP contribution in [0.25, 0.3) is 0 Å². The second-order valence-electron chi connectivity index (χ2n) is 5.02. The van der Waals surface area contributed by atoms with Gasteiger partial charge in [-0.05, 0) is 37.5 Å². The molecule has 0 spiro atoms. The standard InChI is InChI=1S/C15H23NO3/c1-11(16)15(19-10-14-7-4-8-18-14)12-5-3-6-13(9-12)17-2/h3,5-6,9,11,14-15H,4,7-8,10,16H2,1-2H3. The van der Waals surface area contributed by atoms with Crippen LogP contribution in [0, 0.1) is 0 Å². The van der Waals surface area contributed by atoms with Crippen LogP contribution in [-0.4, -0.2) is 32.5 Å². The van der Waals surface area contributed by atoms with Crippen molar-refractivity contribution in [3.63, 3.8) is 0 Å². The average Bonchev–Trinajstić information content (AvgIpc) is 2.92. The van der Waals surface area contributed by atoms with Crippen LogP contribution >= 0.6 is 0 Å². The Morgan fingerprint density at radius 1 is 1.47 bits per heavy atom. The normalized spacial score (nSPS) is 22.2. The summed E-state index contributed by atoms with van der Waals surface area (Å²) in [4.78, 5) is 0. The molecule has 19 heavy (non-hydrogen) atoms. The summed E-state index contributed by atoms with van der Waals surface area (Å²) in [6, 6.07) is 7.80. The molecule has 3 atom stereocenters. The zero-order valence-electron chi connectivity index (χ0n) is 11.7. The highest BCUT2D eigenvalue weighted by Gasteiger charge is 2.22. The van der Waals surface area contributed by atoms with Gasteiger partial charge in [0, 0.05) is 12.6 Å². The van der Waals surface area contributed by atoms with Gasteiger partial charge < -0.3 is 19.9 Å². The van der Waals surface area contributed by atoms with Crippen molar-refractivity contribution in [1.29, 1.82) is 0 Å². The molecule has 0 amide bonds. The van der Waals surface area contributed by atoms with Crippen molar-refractivity contribution in [3.8, 4) is 5.75 Å². The minimum atomic E-state index is -0.126. The second-order valence-corrected chi connectivity index (χ2v) is 5.02. The fourth-order valence-corrected chi connectivity index (χ4v) is 2.36. The molecule has 0 bridgehead atoms. The lowest BCUT2D eigenvalue weighted by Gasteiger charge is -2.24. The van der Waals surface area contributed by atoms with Gasteiger partial charge in [0.05, 0.1) is 25.9 Å². The van der Waals surface area contributed by atoms with Gasteiger partial charge in [0.25, 0.3) is 0 Å². The van der Waals surface area contributed by atoms with Crippen LogP contribution in [-0.2, 0) is 9.47 Å². The lowest BCUT2D eigenvalue weighted by Crippen LogP contribution is -2.29.